The standard InChI is InChI=1S/C13H24N2O2/c1-10-3-4-11(2)15(8-10)13(16)7-12-9-17-6-5-14-12/h10-12,14H,3-9H2,1-2H3. The molecular weight excluding hydrogens is 216 g/mol. The third-order valence-corrected chi connectivity index (χ3v) is 3.86. The van der Waals surface area contributed by atoms with E-state index in [9.17, 15) is 4.79 Å². The van der Waals surface area contributed by atoms with Crippen LogP contribution in [0.15, 0.2) is 0 Å². The number of ether oxygens (including phenoxy) is 1. The fourth-order valence-electron chi connectivity index (χ4n) is 2.72. The largest absolute Gasteiger partial charge is 0.378 e. The molecule has 1 amide bonds. The summed E-state index contributed by atoms with van der Waals surface area (Å²) in [7, 11) is 0. The van der Waals surface area contributed by atoms with Gasteiger partial charge in [0.15, 0.2) is 0 Å². The van der Waals surface area contributed by atoms with Crippen LogP contribution in [-0.4, -0.2) is 49.2 Å². The molecular formula is C13H24N2O2. The van der Waals surface area contributed by atoms with E-state index in [1.54, 1.807) is 0 Å². The SMILES string of the molecule is CC1CCC(C)N(C(=O)CC2COCCN2)C1. The normalized spacial score (nSPS) is 34.7. The van der Waals surface area contributed by atoms with E-state index in [0.29, 0.717) is 25.0 Å². The molecule has 0 radical (unpaired) electrons. The van der Waals surface area contributed by atoms with E-state index >= 15 is 0 Å². The van der Waals surface area contributed by atoms with Gasteiger partial charge in [0.2, 0.25) is 5.91 Å². The minimum absolute atomic E-state index is 0.209. The number of amides is 1. The van der Waals surface area contributed by atoms with Crippen molar-refractivity contribution in [3.05, 3.63) is 0 Å². The Morgan fingerprint density at radius 2 is 2.24 bits per heavy atom. The van der Waals surface area contributed by atoms with E-state index in [1.165, 1.54) is 6.42 Å². The molecule has 98 valence electrons. The van der Waals surface area contributed by atoms with Gasteiger partial charge in [-0.1, -0.05) is 6.92 Å². The van der Waals surface area contributed by atoms with Crippen molar-refractivity contribution in [3.8, 4) is 0 Å². The van der Waals surface area contributed by atoms with E-state index < -0.39 is 0 Å². The molecule has 0 bridgehead atoms. The van der Waals surface area contributed by atoms with Crippen molar-refractivity contribution in [2.24, 2.45) is 5.92 Å². The minimum atomic E-state index is 0.209. The number of rotatable bonds is 2. The van der Waals surface area contributed by atoms with Crippen molar-refractivity contribution in [1.82, 2.24) is 10.2 Å². The van der Waals surface area contributed by atoms with E-state index in [0.717, 1.165) is 26.1 Å². The molecule has 0 spiro atoms. The van der Waals surface area contributed by atoms with E-state index in [-0.39, 0.29) is 11.9 Å². The van der Waals surface area contributed by atoms with Gasteiger partial charge >= 0.3 is 0 Å². The first-order valence-corrected chi connectivity index (χ1v) is 6.77. The summed E-state index contributed by atoms with van der Waals surface area (Å²) >= 11 is 0. The highest BCUT2D eigenvalue weighted by Crippen LogP contribution is 2.22. The van der Waals surface area contributed by atoms with Gasteiger partial charge in [-0.05, 0) is 25.7 Å². The van der Waals surface area contributed by atoms with Crippen LogP contribution in [0.4, 0.5) is 0 Å². The smallest absolute Gasteiger partial charge is 0.224 e. The van der Waals surface area contributed by atoms with Crippen LogP contribution >= 0.6 is 0 Å². The highest BCUT2D eigenvalue weighted by atomic mass is 16.5. The molecule has 3 atom stereocenters. The molecule has 1 N–H and O–H groups in total. The summed E-state index contributed by atoms with van der Waals surface area (Å²) in [6.45, 7) is 7.62. The summed E-state index contributed by atoms with van der Waals surface area (Å²) in [5.74, 6) is 0.928. The Morgan fingerprint density at radius 3 is 2.94 bits per heavy atom. The van der Waals surface area contributed by atoms with Crippen LogP contribution in [0.1, 0.15) is 33.1 Å². The monoisotopic (exact) mass is 240 g/mol. The lowest BCUT2D eigenvalue weighted by molar-refractivity contribution is -0.136. The number of hydrogen-bond donors (Lipinski definition) is 1. The van der Waals surface area contributed by atoms with E-state index in [1.807, 2.05) is 0 Å². The van der Waals surface area contributed by atoms with Crippen molar-refractivity contribution in [2.75, 3.05) is 26.3 Å². The van der Waals surface area contributed by atoms with Crippen molar-refractivity contribution >= 4 is 5.91 Å². The Hall–Kier alpha value is -0.610. The van der Waals surface area contributed by atoms with E-state index in [2.05, 4.69) is 24.1 Å². The number of nitrogens with one attached hydrogen (secondary N) is 1. The number of carbonyl (C=O) groups is 1. The van der Waals surface area contributed by atoms with E-state index in [4.69, 9.17) is 4.74 Å². The molecule has 2 saturated heterocycles. The summed E-state index contributed by atoms with van der Waals surface area (Å²) in [6, 6.07) is 0.615. The number of morpholine rings is 1. The van der Waals surface area contributed by atoms with Crippen LogP contribution in [-0.2, 0) is 9.53 Å². The lowest BCUT2D eigenvalue weighted by atomic mass is 9.94. The topological polar surface area (TPSA) is 41.6 Å². The summed E-state index contributed by atoms with van der Waals surface area (Å²) < 4.78 is 5.39. The van der Waals surface area contributed by atoms with Gasteiger partial charge in [-0.3, -0.25) is 4.79 Å². The van der Waals surface area contributed by atoms with Crippen LogP contribution in [0, 0.1) is 5.92 Å². The molecule has 0 saturated carbocycles. The maximum Gasteiger partial charge on any atom is 0.224 e. The minimum Gasteiger partial charge on any atom is -0.378 e. The highest BCUT2D eigenvalue weighted by molar-refractivity contribution is 5.77. The molecule has 2 heterocycles. The average Bonchev–Trinajstić information content (AvgIpc) is 2.33. The Morgan fingerprint density at radius 1 is 1.41 bits per heavy atom. The Labute approximate surface area is 104 Å². The molecule has 2 aliphatic heterocycles. The van der Waals surface area contributed by atoms with Gasteiger partial charge in [0.25, 0.3) is 0 Å². The zero-order valence-electron chi connectivity index (χ0n) is 10.9. The highest BCUT2D eigenvalue weighted by Gasteiger charge is 2.28. The van der Waals surface area contributed by atoms with Gasteiger partial charge in [-0.15, -0.1) is 0 Å². The lowest BCUT2D eigenvalue weighted by Crippen LogP contribution is -2.49. The Balaban J connectivity index is 1.85. The molecule has 0 aliphatic carbocycles. The maximum atomic E-state index is 12.3. The average molecular weight is 240 g/mol. The number of nitrogens with zero attached hydrogens (tertiary/aromatic N) is 1. The first-order valence-electron chi connectivity index (χ1n) is 6.77. The zero-order chi connectivity index (χ0) is 12.3. The summed E-state index contributed by atoms with van der Waals surface area (Å²) in [5, 5.41) is 3.34. The van der Waals surface area contributed by atoms with Crippen molar-refractivity contribution in [3.63, 3.8) is 0 Å². The number of piperidine rings is 1. The number of hydrogen-bond acceptors (Lipinski definition) is 3. The van der Waals surface area contributed by atoms with Crippen molar-refractivity contribution in [1.29, 1.82) is 0 Å². The molecule has 0 aromatic heterocycles. The predicted octanol–water partition coefficient (Wildman–Crippen LogP) is 1.01. The third-order valence-electron chi connectivity index (χ3n) is 3.86. The molecule has 4 heteroatoms. The fraction of sp³-hybridized carbons (Fsp3) is 0.923. The fourth-order valence-corrected chi connectivity index (χ4v) is 2.72. The van der Waals surface area contributed by atoms with Gasteiger partial charge in [-0.2, -0.15) is 0 Å². The molecule has 2 fully saturated rings. The quantitative estimate of drug-likeness (QED) is 0.783. The van der Waals surface area contributed by atoms with Crippen LogP contribution in [0.5, 0.6) is 0 Å². The number of likely N-dealkylation sites (tertiary alicyclic amines) is 1. The first kappa shape index (κ1) is 12.8. The molecule has 4 nitrogen and oxygen atoms in total. The molecule has 2 aliphatic rings. The Bertz CT molecular complexity index is 264. The second-order valence-corrected chi connectivity index (χ2v) is 5.51. The zero-order valence-corrected chi connectivity index (χ0v) is 10.9. The maximum absolute atomic E-state index is 12.3. The molecule has 0 aromatic rings. The van der Waals surface area contributed by atoms with Gasteiger partial charge in [0.05, 0.1) is 13.2 Å². The lowest BCUT2D eigenvalue weighted by Gasteiger charge is -2.38. The first-order chi connectivity index (χ1) is 8.16. The van der Waals surface area contributed by atoms with Crippen LogP contribution in [0.2, 0.25) is 0 Å². The molecule has 0 aromatic carbocycles. The summed E-state index contributed by atoms with van der Waals surface area (Å²) in [6.07, 6.45) is 2.97. The summed E-state index contributed by atoms with van der Waals surface area (Å²) in [5.41, 5.74) is 0. The van der Waals surface area contributed by atoms with Gasteiger partial charge < -0.3 is 15.0 Å². The molecule has 17 heavy (non-hydrogen) atoms. The summed E-state index contributed by atoms with van der Waals surface area (Å²) in [4.78, 5) is 14.3. The number of carbonyl (C=O) groups excluding carboxylic acids is 1. The Kier molecular flexibility index (Phi) is 4.40. The second-order valence-electron chi connectivity index (χ2n) is 5.51. The van der Waals surface area contributed by atoms with Crippen LogP contribution in [0.3, 0.4) is 0 Å². The van der Waals surface area contributed by atoms with Crippen LogP contribution in [0.25, 0.3) is 0 Å². The van der Waals surface area contributed by atoms with Crippen molar-refractivity contribution in [2.45, 2.75) is 45.2 Å². The predicted molar refractivity (Wildman–Crippen MR) is 66.8 cm³/mol. The van der Waals surface area contributed by atoms with Crippen molar-refractivity contribution < 1.29 is 9.53 Å². The van der Waals surface area contributed by atoms with Gasteiger partial charge in [-0.25, -0.2) is 0 Å². The van der Waals surface area contributed by atoms with Crippen LogP contribution < -0.4 is 5.32 Å². The second kappa shape index (κ2) is 5.83. The molecule has 2 rings (SSSR count). The van der Waals surface area contributed by atoms with Gasteiger partial charge in [0.1, 0.15) is 0 Å². The third kappa shape index (κ3) is 3.42. The van der Waals surface area contributed by atoms with Gasteiger partial charge in [0, 0.05) is 31.6 Å². The molecule has 3 unspecified atom stereocenters.